The summed E-state index contributed by atoms with van der Waals surface area (Å²) < 4.78 is 0. The first kappa shape index (κ1) is 8.84. The summed E-state index contributed by atoms with van der Waals surface area (Å²) >= 11 is 0. The predicted octanol–water partition coefficient (Wildman–Crippen LogP) is -1.74. The van der Waals surface area contributed by atoms with Crippen molar-refractivity contribution >= 4 is 0 Å². The van der Waals surface area contributed by atoms with E-state index in [0.717, 1.165) is 19.8 Å². The van der Waals surface area contributed by atoms with Crippen LogP contribution < -0.4 is 21.7 Å². The minimum atomic E-state index is 0.534. The summed E-state index contributed by atoms with van der Waals surface area (Å²) in [6.45, 7) is 3.29. The predicted molar refractivity (Wildman–Crippen MR) is 39.0 cm³/mol. The van der Waals surface area contributed by atoms with Gasteiger partial charge in [0.25, 0.3) is 0 Å². The van der Waals surface area contributed by atoms with Crippen LogP contribution in [0.1, 0.15) is 0 Å². The zero-order valence-electron chi connectivity index (χ0n) is 5.91. The van der Waals surface area contributed by atoms with Crippen LogP contribution in [0.3, 0.4) is 0 Å². The van der Waals surface area contributed by atoms with E-state index in [0.29, 0.717) is 6.67 Å². The van der Waals surface area contributed by atoms with Crippen molar-refractivity contribution in [2.24, 2.45) is 5.73 Å². The van der Waals surface area contributed by atoms with Gasteiger partial charge in [-0.25, -0.2) is 0 Å². The Kier molecular flexibility index (Phi) is 7.70. The summed E-state index contributed by atoms with van der Waals surface area (Å²) in [5, 5.41) is 9.10. The number of rotatable bonds is 6. The van der Waals surface area contributed by atoms with E-state index >= 15 is 0 Å². The first-order valence-corrected chi connectivity index (χ1v) is 3.18. The van der Waals surface area contributed by atoms with Gasteiger partial charge in [0.15, 0.2) is 0 Å². The number of nitrogens with one attached hydrogen (secondary N) is 3. The largest absolute Gasteiger partial charge is 0.318 e. The molecule has 4 nitrogen and oxygen atoms in total. The highest BCUT2D eigenvalue weighted by Gasteiger charge is 1.80. The maximum Gasteiger partial charge on any atom is 0.0464 e. The van der Waals surface area contributed by atoms with Gasteiger partial charge in [0.05, 0.1) is 0 Å². The minimum Gasteiger partial charge on any atom is -0.318 e. The Morgan fingerprint density at radius 1 is 1.22 bits per heavy atom. The molecule has 0 aromatic heterocycles. The number of nitrogens with two attached hydrogens (primary N) is 1. The topological polar surface area (TPSA) is 62.1 Å². The van der Waals surface area contributed by atoms with Gasteiger partial charge in [-0.2, -0.15) is 0 Å². The lowest BCUT2D eigenvalue weighted by atomic mass is 10.6. The van der Waals surface area contributed by atoms with Gasteiger partial charge in [0.2, 0.25) is 0 Å². The summed E-state index contributed by atoms with van der Waals surface area (Å²) in [4.78, 5) is 0. The number of hydrogen-bond acceptors (Lipinski definition) is 4. The van der Waals surface area contributed by atoms with E-state index in [1.807, 2.05) is 7.05 Å². The van der Waals surface area contributed by atoms with Crippen LogP contribution in [0.4, 0.5) is 0 Å². The smallest absolute Gasteiger partial charge is 0.0464 e. The van der Waals surface area contributed by atoms with E-state index in [4.69, 9.17) is 5.73 Å². The van der Waals surface area contributed by atoms with Crippen molar-refractivity contribution in [1.82, 2.24) is 16.0 Å². The quantitative estimate of drug-likeness (QED) is 0.256. The standard InChI is InChI=1S/C5H16N4/c1-7-2-3-8-5-9-4-6/h7-9H,2-6H2,1H3. The van der Waals surface area contributed by atoms with E-state index in [9.17, 15) is 0 Å². The van der Waals surface area contributed by atoms with Crippen LogP contribution in [0.2, 0.25) is 0 Å². The zero-order chi connectivity index (χ0) is 6.95. The molecule has 0 spiro atoms. The molecule has 0 bridgehead atoms. The molecule has 0 heterocycles. The molecule has 0 aliphatic heterocycles. The van der Waals surface area contributed by atoms with Crippen LogP contribution in [0.5, 0.6) is 0 Å². The van der Waals surface area contributed by atoms with E-state index in [2.05, 4.69) is 16.0 Å². The first-order valence-electron chi connectivity index (χ1n) is 3.18. The fourth-order valence-electron chi connectivity index (χ4n) is 0.462. The van der Waals surface area contributed by atoms with E-state index in [1.54, 1.807) is 0 Å². The highest BCUT2D eigenvalue weighted by molar-refractivity contribution is 4.45. The molecule has 0 saturated carbocycles. The molecule has 5 N–H and O–H groups in total. The second-order valence-corrected chi connectivity index (χ2v) is 1.73. The fourth-order valence-corrected chi connectivity index (χ4v) is 0.462. The molecule has 9 heavy (non-hydrogen) atoms. The molecule has 0 unspecified atom stereocenters. The van der Waals surface area contributed by atoms with Gasteiger partial charge in [0, 0.05) is 26.4 Å². The van der Waals surface area contributed by atoms with Gasteiger partial charge in [-0.1, -0.05) is 0 Å². The lowest BCUT2D eigenvalue weighted by Gasteiger charge is -2.02. The molecule has 56 valence electrons. The molecule has 0 aromatic carbocycles. The molecule has 0 aliphatic rings. The Labute approximate surface area is 56.2 Å². The van der Waals surface area contributed by atoms with E-state index < -0.39 is 0 Å². The second-order valence-electron chi connectivity index (χ2n) is 1.73. The Bertz CT molecular complexity index is 42.2. The molecule has 0 rings (SSSR count). The van der Waals surface area contributed by atoms with E-state index in [-0.39, 0.29) is 0 Å². The van der Waals surface area contributed by atoms with Crippen LogP contribution in [-0.2, 0) is 0 Å². The SMILES string of the molecule is CNCCNCNCN. The van der Waals surface area contributed by atoms with Gasteiger partial charge in [-0.3, -0.25) is 5.32 Å². The average molecular weight is 132 g/mol. The normalized spacial score (nSPS) is 10.0. The van der Waals surface area contributed by atoms with E-state index in [1.165, 1.54) is 0 Å². The summed E-state index contributed by atoms with van der Waals surface area (Å²) in [6.07, 6.45) is 0. The van der Waals surface area contributed by atoms with Crippen molar-refractivity contribution in [3.05, 3.63) is 0 Å². The third-order valence-corrected chi connectivity index (χ3v) is 0.946. The molecular weight excluding hydrogens is 116 g/mol. The molecule has 4 heteroatoms. The van der Waals surface area contributed by atoms with Crippen molar-refractivity contribution in [3.63, 3.8) is 0 Å². The van der Waals surface area contributed by atoms with Crippen molar-refractivity contribution < 1.29 is 0 Å². The van der Waals surface area contributed by atoms with Gasteiger partial charge in [0.1, 0.15) is 0 Å². The zero-order valence-corrected chi connectivity index (χ0v) is 5.91. The van der Waals surface area contributed by atoms with Crippen LogP contribution in [0.15, 0.2) is 0 Å². The van der Waals surface area contributed by atoms with Gasteiger partial charge in [-0.05, 0) is 7.05 Å². The lowest BCUT2D eigenvalue weighted by Crippen LogP contribution is -2.35. The monoisotopic (exact) mass is 132 g/mol. The third-order valence-electron chi connectivity index (χ3n) is 0.946. The Morgan fingerprint density at radius 3 is 2.56 bits per heavy atom. The molecule has 0 radical (unpaired) electrons. The maximum atomic E-state index is 5.18. The van der Waals surface area contributed by atoms with Crippen molar-refractivity contribution in [3.8, 4) is 0 Å². The van der Waals surface area contributed by atoms with Gasteiger partial charge >= 0.3 is 0 Å². The van der Waals surface area contributed by atoms with Crippen LogP contribution in [-0.4, -0.2) is 33.5 Å². The summed E-state index contributed by atoms with van der Waals surface area (Å²) in [7, 11) is 1.93. The number of likely N-dealkylation sites (N-methyl/N-ethyl adjacent to an activating group) is 1. The Morgan fingerprint density at radius 2 is 2.00 bits per heavy atom. The maximum absolute atomic E-state index is 5.18. The molecular formula is C5H16N4. The van der Waals surface area contributed by atoms with Gasteiger partial charge < -0.3 is 16.4 Å². The first-order chi connectivity index (χ1) is 4.41. The van der Waals surface area contributed by atoms with Crippen molar-refractivity contribution in [2.75, 3.05) is 33.5 Å². The molecule has 0 saturated heterocycles. The molecule has 0 atom stereocenters. The lowest BCUT2D eigenvalue weighted by molar-refractivity contribution is 0.579. The van der Waals surface area contributed by atoms with Crippen molar-refractivity contribution in [1.29, 1.82) is 0 Å². The number of hydrogen-bond donors (Lipinski definition) is 4. The van der Waals surface area contributed by atoms with Crippen LogP contribution >= 0.6 is 0 Å². The molecule has 0 fully saturated rings. The molecule has 0 aromatic rings. The highest BCUT2D eigenvalue weighted by Crippen LogP contribution is 1.51. The fraction of sp³-hybridized carbons (Fsp3) is 1.00. The summed E-state index contributed by atoms with van der Waals surface area (Å²) in [6, 6.07) is 0. The van der Waals surface area contributed by atoms with Crippen molar-refractivity contribution in [2.45, 2.75) is 0 Å². The second kappa shape index (κ2) is 7.84. The molecule has 0 aliphatic carbocycles. The minimum absolute atomic E-state index is 0.534. The summed E-state index contributed by atoms with van der Waals surface area (Å²) in [5.74, 6) is 0. The van der Waals surface area contributed by atoms with Crippen LogP contribution in [0, 0.1) is 0 Å². The Hall–Kier alpha value is -0.160. The van der Waals surface area contributed by atoms with Crippen LogP contribution in [0.25, 0.3) is 0 Å². The molecule has 0 amide bonds. The highest BCUT2D eigenvalue weighted by atomic mass is 15.1. The summed E-state index contributed by atoms with van der Waals surface area (Å²) in [5.41, 5.74) is 5.18. The van der Waals surface area contributed by atoms with Gasteiger partial charge in [-0.15, -0.1) is 0 Å². The Balaban J connectivity index is 2.60. The average Bonchev–Trinajstić information content (AvgIpc) is 1.89. The third kappa shape index (κ3) is 7.84.